The van der Waals surface area contributed by atoms with E-state index in [0.29, 0.717) is 0 Å². The van der Waals surface area contributed by atoms with Crippen molar-refractivity contribution in [1.29, 1.82) is 0 Å². The van der Waals surface area contributed by atoms with Crippen molar-refractivity contribution >= 4 is 0 Å². The summed E-state index contributed by atoms with van der Waals surface area (Å²) in [5.41, 5.74) is 6.02. The van der Waals surface area contributed by atoms with E-state index in [4.69, 9.17) is 10.5 Å². The van der Waals surface area contributed by atoms with Crippen LogP contribution < -0.4 is 5.73 Å². The third-order valence-corrected chi connectivity index (χ3v) is 2.97. The van der Waals surface area contributed by atoms with E-state index in [-0.39, 0.29) is 11.6 Å². The van der Waals surface area contributed by atoms with E-state index in [1.54, 1.807) is 7.11 Å². The molecule has 1 aliphatic carbocycles. The molecular formula is C9H19NO. The summed E-state index contributed by atoms with van der Waals surface area (Å²) in [7, 11) is 1.79. The van der Waals surface area contributed by atoms with Crippen LogP contribution in [0.4, 0.5) is 0 Å². The van der Waals surface area contributed by atoms with Crippen molar-refractivity contribution in [1.82, 2.24) is 0 Å². The second-order valence-electron chi connectivity index (χ2n) is 3.49. The molecule has 2 N–H and O–H groups in total. The number of rotatable bonds is 3. The molecule has 2 heteroatoms. The van der Waals surface area contributed by atoms with E-state index in [1.165, 1.54) is 12.8 Å². The number of nitrogens with two attached hydrogens (primary N) is 1. The Balaban J connectivity index is 2.58. The van der Waals surface area contributed by atoms with Crippen LogP contribution in [0.25, 0.3) is 0 Å². The summed E-state index contributed by atoms with van der Waals surface area (Å²) in [5, 5.41) is 0. The molecule has 66 valence electrons. The third-order valence-electron chi connectivity index (χ3n) is 2.97. The molecule has 2 nitrogen and oxygen atoms in total. The second kappa shape index (κ2) is 3.55. The first-order chi connectivity index (χ1) is 5.25. The standard InChI is InChI=1S/C9H19NO/c1-3-8(10)9(11-2)6-4-5-7-9/h8H,3-7,10H2,1-2H3/t8-/m1/s1. The zero-order valence-corrected chi connectivity index (χ0v) is 7.60. The number of methoxy groups -OCH3 is 1. The fraction of sp³-hybridized carbons (Fsp3) is 1.00. The monoisotopic (exact) mass is 157 g/mol. The van der Waals surface area contributed by atoms with E-state index >= 15 is 0 Å². The van der Waals surface area contributed by atoms with Gasteiger partial charge in [-0.15, -0.1) is 0 Å². The Morgan fingerprint density at radius 2 is 2.00 bits per heavy atom. The molecule has 1 fully saturated rings. The molecule has 0 heterocycles. The Morgan fingerprint density at radius 3 is 2.36 bits per heavy atom. The molecule has 1 saturated carbocycles. The minimum Gasteiger partial charge on any atom is -0.377 e. The predicted molar refractivity (Wildman–Crippen MR) is 46.5 cm³/mol. The van der Waals surface area contributed by atoms with E-state index in [1.807, 2.05) is 0 Å². The summed E-state index contributed by atoms with van der Waals surface area (Å²) < 4.78 is 5.53. The maximum Gasteiger partial charge on any atom is 0.0828 e. The predicted octanol–water partition coefficient (Wildman–Crippen LogP) is 1.68. The summed E-state index contributed by atoms with van der Waals surface area (Å²) in [6.07, 6.45) is 5.88. The van der Waals surface area contributed by atoms with Crippen LogP contribution in [0, 0.1) is 0 Å². The van der Waals surface area contributed by atoms with Gasteiger partial charge in [0.05, 0.1) is 5.60 Å². The number of hydrogen-bond donors (Lipinski definition) is 1. The Kier molecular flexibility index (Phi) is 2.90. The largest absolute Gasteiger partial charge is 0.377 e. The van der Waals surface area contributed by atoms with E-state index in [2.05, 4.69) is 6.92 Å². The van der Waals surface area contributed by atoms with Gasteiger partial charge in [-0.3, -0.25) is 0 Å². The van der Waals surface area contributed by atoms with Gasteiger partial charge in [0.1, 0.15) is 0 Å². The van der Waals surface area contributed by atoms with Crippen LogP contribution in [-0.4, -0.2) is 18.8 Å². The van der Waals surface area contributed by atoms with Crippen LogP contribution in [-0.2, 0) is 4.74 Å². The van der Waals surface area contributed by atoms with Gasteiger partial charge in [0.15, 0.2) is 0 Å². The normalized spacial score (nSPS) is 25.4. The van der Waals surface area contributed by atoms with E-state index in [9.17, 15) is 0 Å². The quantitative estimate of drug-likeness (QED) is 0.676. The van der Waals surface area contributed by atoms with E-state index in [0.717, 1.165) is 19.3 Å². The van der Waals surface area contributed by atoms with Gasteiger partial charge in [-0.05, 0) is 19.3 Å². The SMILES string of the molecule is CC[C@@H](N)C1(OC)CCCC1. The van der Waals surface area contributed by atoms with Gasteiger partial charge in [-0.25, -0.2) is 0 Å². The van der Waals surface area contributed by atoms with Crippen molar-refractivity contribution < 1.29 is 4.74 Å². The van der Waals surface area contributed by atoms with Gasteiger partial charge in [0.25, 0.3) is 0 Å². The van der Waals surface area contributed by atoms with Crippen molar-refractivity contribution in [3.63, 3.8) is 0 Å². The maximum atomic E-state index is 6.00. The third kappa shape index (κ3) is 1.57. The Bertz CT molecular complexity index is 119. The van der Waals surface area contributed by atoms with Crippen LogP contribution in [0.2, 0.25) is 0 Å². The second-order valence-corrected chi connectivity index (χ2v) is 3.49. The molecule has 1 aliphatic rings. The van der Waals surface area contributed by atoms with Crippen molar-refractivity contribution in [2.75, 3.05) is 7.11 Å². The summed E-state index contributed by atoms with van der Waals surface area (Å²) in [6, 6.07) is 0.231. The molecule has 0 unspecified atom stereocenters. The molecule has 0 aliphatic heterocycles. The molecule has 0 radical (unpaired) electrons. The van der Waals surface area contributed by atoms with Gasteiger partial charge in [-0.2, -0.15) is 0 Å². The highest BCUT2D eigenvalue weighted by Crippen LogP contribution is 2.35. The average molecular weight is 157 g/mol. The van der Waals surface area contributed by atoms with Crippen LogP contribution in [0.3, 0.4) is 0 Å². The zero-order valence-electron chi connectivity index (χ0n) is 7.60. The average Bonchev–Trinajstić information content (AvgIpc) is 2.52. The van der Waals surface area contributed by atoms with Gasteiger partial charge in [0.2, 0.25) is 0 Å². The van der Waals surface area contributed by atoms with Gasteiger partial charge in [0, 0.05) is 13.2 Å². The Morgan fingerprint density at radius 1 is 1.45 bits per heavy atom. The smallest absolute Gasteiger partial charge is 0.0828 e. The summed E-state index contributed by atoms with van der Waals surface area (Å²) in [4.78, 5) is 0. The molecule has 0 aromatic carbocycles. The van der Waals surface area contributed by atoms with Crippen LogP contribution in [0.1, 0.15) is 39.0 Å². The van der Waals surface area contributed by atoms with E-state index < -0.39 is 0 Å². The van der Waals surface area contributed by atoms with Crippen molar-refractivity contribution in [2.45, 2.75) is 50.7 Å². The topological polar surface area (TPSA) is 35.2 Å². The Labute approximate surface area is 69.1 Å². The molecule has 1 rings (SSSR count). The van der Waals surface area contributed by atoms with Crippen LogP contribution in [0.15, 0.2) is 0 Å². The Hall–Kier alpha value is -0.0800. The van der Waals surface area contributed by atoms with Crippen molar-refractivity contribution in [2.24, 2.45) is 5.73 Å². The molecule has 11 heavy (non-hydrogen) atoms. The van der Waals surface area contributed by atoms with Crippen molar-refractivity contribution in [3.05, 3.63) is 0 Å². The highest BCUT2D eigenvalue weighted by atomic mass is 16.5. The first kappa shape index (κ1) is 9.01. The van der Waals surface area contributed by atoms with Crippen LogP contribution in [0.5, 0.6) is 0 Å². The van der Waals surface area contributed by atoms with Crippen LogP contribution >= 0.6 is 0 Å². The molecule has 0 aromatic rings. The zero-order chi connectivity index (χ0) is 8.32. The summed E-state index contributed by atoms with van der Waals surface area (Å²) in [6.45, 7) is 2.13. The molecule has 0 saturated heterocycles. The summed E-state index contributed by atoms with van der Waals surface area (Å²) >= 11 is 0. The number of hydrogen-bond acceptors (Lipinski definition) is 2. The lowest BCUT2D eigenvalue weighted by molar-refractivity contribution is -0.0262. The lowest BCUT2D eigenvalue weighted by atomic mass is 9.91. The maximum absolute atomic E-state index is 6.00. The lowest BCUT2D eigenvalue weighted by Crippen LogP contribution is -2.46. The van der Waals surface area contributed by atoms with Crippen molar-refractivity contribution in [3.8, 4) is 0 Å². The first-order valence-corrected chi connectivity index (χ1v) is 4.56. The molecule has 0 spiro atoms. The fourth-order valence-corrected chi connectivity index (χ4v) is 2.07. The van der Waals surface area contributed by atoms with Gasteiger partial charge in [-0.1, -0.05) is 19.8 Å². The lowest BCUT2D eigenvalue weighted by Gasteiger charge is -2.33. The minimum atomic E-state index is 0.0226. The number of ether oxygens (including phenoxy) is 1. The first-order valence-electron chi connectivity index (χ1n) is 4.56. The highest BCUT2D eigenvalue weighted by molar-refractivity contribution is 4.94. The molecule has 1 atom stereocenters. The molecule has 0 amide bonds. The highest BCUT2D eigenvalue weighted by Gasteiger charge is 2.38. The summed E-state index contributed by atoms with van der Waals surface area (Å²) in [5.74, 6) is 0. The molecule has 0 bridgehead atoms. The fourth-order valence-electron chi connectivity index (χ4n) is 2.07. The van der Waals surface area contributed by atoms with Gasteiger partial charge < -0.3 is 10.5 Å². The minimum absolute atomic E-state index is 0.0226. The molecular weight excluding hydrogens is 138 g/mol. The molecule has 0 aromatic heterocycles. The van der Waals surface area contributed by atoms with Gasteiger partial charge >= 0.3 is 0 Å².